The van der Waals surface area contributed by atoms with Crippen molar-refractivity contribution in [3.8, 4) is 22.3 Å². The van der Waals surface area contributed by atoms with Crippen molar-refractivity contribution in [2.45, 2.75) is 6.42 Å². The number of anilines is 1. The molecule has 1 aliphatic rings. The first kappa shape index (κ1) is 16.3. The van der Waals surface area contributed by atoms with Gasteiger partial charge in [0.25, 0.3) is 0 Å². The number of hydrogen-bond acceptors (Lipinski definition) is 6. The zero-order valence-electron chi connectivity index (χ0n) is 13.9. The van der Waals surface area contributed by atoms with Crippen LogP contribution in [0.4, 0.5) is 5.13 Å². The number of hydrogen-bond donors (Lipinski definition) is 1. The maximum atomic E-state index is 12.3. The van der Waals surface area contributed by atoms with Crippen LogP contribution in [0.3, 0.4) is 0 Å². The van der Waals surface area contributed by atoms with Gasteiger partial charge in [0.1, 0.15) is 0 Å². The second kappa shape index (κ2) is 6.98. The predicted molar refractivity (Wildman–Crippen MR) is 98.6 cm³/mol. The molecule has 1 amide bonds. The molecule has 2 aromatic heterocycles. The molecule has 1 unspecified atom stereocenters. The summed E-state index contributed by atoms with van der Waals surface area (Å²) in [5, 5.41) is 12.4. The maximum absolute atomic E-state index is 12.3. The van der Waals surface area contributed by atoms with Crippen LogP contribution in [-0.2, 0) is 4.79 Å². The molecule has 7 nitrogen and oxygen atoms in total. The highest BCUT2D eigenvalue weighted by Gasteiger charge is 2.28. The van der Waals surface area contributed by atoms with E-state index in [1.807, 2.05) is 29.0 Å². The molecule has 3 aromatic rings. The second-order valence-corrected chi connectivity index (χ2v) is 7.10. The van der Waals surface area contributed by atoms with Crippen molar-refractivity contribution in [1.82, 2.24) is 19.4 Å². The number of nitriles is 1. The number of carbonyl (C=O) groups excluding carboxylic acids is 1. The molecular formula is C18H16N6OS. The van der Waals surface area contributed by atoms with E-state index in [-0.39, 0.29) is 11.8 Å². The average Bonchev–Trinajstić information content (AvgIpc) is 3.42. The van der Waals surface area contributed by atoms with E-state index in [2.05, 4.69) is 27.5 Å². The van der Waals surface area contributed by atoms with Gasteiger partial charge in [0.05, 0.1) is 17.1 Å². The van der Waals surface area contributed by atoms with E-state index in [0.29, 0.717) is 24.6 Å². The Hall–Kier alpha value is -3.18. The van der Waals surface area contributed by atoms with Gasteiger partial charge in [-0.3, -0.25) is 4.79 Å². The minimum atomic E-state index is -0.161. The Morgan fingerprint density at radius 3 is 3.12 bits per heavy atom. The molecule has 0 aliphatic carbocycles. The summed E-state index contributed by atoms with van der Waals surface area (Å²) in [6.07, 6.45) is 9.94. The lowest BCUT2D eigenvalue weighted by Crippen LogP contribution is -2.25. The van der Waals surface area contributed by atoms with E-state index >= 15 is 0 Å². The predicted octanol–water partition coefficient (Wildman–Crippen LogP) is 2.74. The number of imidazole rings is 1. The monoisotopic (exact) mass is 364 g/mol. The van der Waals surface area contributed by atoms with Gasteiger partial charge in [0, 0.05) is 37.4 Å². The number of aromatic nitrogens is 3. The van der Waals surface area contributed by atoms with Crippen LogP contribution in [0.5, 0.6) is 0 Å². The first-order valence-electron chi connectivity index (χ1n) is 8.23. The van der Waals surface area contributed by atoms with E-state index in [4.69, 9.17) is 5.26 Å². The molecule has 1 N–H and O–H groups in total. The van der Waals surface area contributed by atoms with E-state index < -0.39 is 0 Å². The third-order valence-corrected chi connectivity index (χ3v) is 5.33. The van der Waals surface area contributed by atoms with Gasteiger partial charge in [0.15, 0.2) is 11.3 Å². The molecule has 0 saturated carbocycles. The molecule has 8 heteroatoms. The standard InChI is InChI=1S/C18H16N6OS/c19-11-23-6-4-14(10-23)17(25)22-18-21-9-16(26-18)13-2-1-3-15(8-13)24-7-5-20-12-24/h1-3,5,7-9,12,14H,4,6,10H2,(H,21,22,25). The van der Waals surface area contributed by atoms with Crippen molar-refractivity contribution in [3.05, 3.63) is 49.2 Å². The summed E-state index contributed by atoms with van der Waals surface area (Å²) in [7, 11) is 0. The summed E-state index contributed by atoms with van der Waals surface area (Å²) < 4.78 is 1.94. The largest absolute Gasteiger partial charge is 0.310 e. The van der Waals surface area contributed by atoms with Crippen LogP contribution in [0.15, 0.2) is 49.2 Å². The van der Waals surface area contributed by atoms with Crippen molar-refractivity contribution < 1.29 is 4.79 Å². The third kappa shape index (κ3) is 3.30. The Labute approximate surface area is 154 Å². The van der Waals surface area contributed by atoms with Gasteiger partial charge in [-0.05, 0) is 24.1 Å². The molecule has 130 valence electrons. The SMILES string of the molecule is N#CN1CCC(C(=O)Nc2ncc(-c3cccc(-n4ccnc4)c3)s2)C1. The minimum Gasteiger partial charge on any atom is -0.310 e. The van der Waals surface area contributed by atoms with Crippen LogP contribution >= 0.6 is 11.3 Å². The third-order valence-electron chi connectivity index (χ3n) is 4.37. The molecule has 26 heavy (non-hydrogen) atoms. The molecule has 1 aliphatic heterocycles. The van der Waals surface area contributed by atoms with Crippen LogP contribution in [0.25, 0.3) is 16.1 Å². The summed E-state index contributed by atoms with van der Waals surface area (Å²) in [4.78, 5) is 23.3. The lowest BCUT2D eigenvalue weighted by atomic mass is 10.1. The van der Waals surface area contributed by atoms with Crippen molar-refractivity contribution in [3.63, 3.8) is 0 Å². The number of nitrogens with one attached hydrogen (secondary N) is 1. The quantitative estimate of drug-likeness (QED) is 0.719. The molecule has 0 spiro atoms. The average molecular weight is 364 g/mol. The first-order valence-corrected chi connectivity index (χ1v) is 9.05. The number of benzene rings is 1. The van der Waals surface area contributed by atoms with Gasteiger partial charge in [-0.15, -0.1) is 0 Å². The normalized spacial score (nSPS) is 16.4. The lowest BCUT2D eigenvalue weighted by Gasteiger charge is -2.08. The Balaban J connectivity index is 1.48. The van der Waals surface area contributed by atoms with Gasteiger partial charge >= 0.3 is 0 Å². The molecule has 4 rings (SSSR count). The Bertz CT molecular complexity index is 958. The van der Waals surface area contributed by atoms with Gasteiger partial charge in [0.2, 0.25) is 5.91 Å². The van der Waals surface area contributed by atoms with Crippen LogP contribution in [0.2, 0.25) is 0 Å². The Kier molecular flexibility index (Phi) is 4.37. The number of rotatable bonds is 4. The van der Waals surface area contributed by atoms with Crippen molar-refractivity contribution in [1.29, 1.82) is 5.26 Å². The molecule has 1 atom stereocenters. The second-order valence-electron chi connectivity index (χ2n) is 6.07. The van der Waals surface area contributed by atoms with Gasteiger partial charge in [-0.25, -0.2) is 9.97 Å². The fourth-order valence-electron chi connectivity index (χ4n) is 2.97. The van der Waals surface area contributed by atoms with Crippen molar-refractivity contribution in [2.75, 3.05) is 18.4 Å². The molecule has 1 fully saturated rings. The molecular weight excluding hydrogens is 348 g/mol. The van der Waals surface area contributed by atoms with Gasteiger partial charge in [-0.2, -0.15) is 5.26 Å². The van der Waals surface area contributed by atoms with E-state index in [9.17, 15) is 4.79 Å². The summed E-state index contributed by atoms with van der Waals surface area (Å²) in [5.74, 6) is -0.234. The van der Waals surface area contributed by atoms with Crippen LogP contribution in [0, 0.1) is 17.4 Å². The molecule has 0 radical (unpaired) electrons. The van der Waals surface area contributed by atoms with Crippen molar-refractivity contribution >= 4 is 22.4 Å². The van der Waals surface area contributed by atoms with Gasteiger partial charge < -0.3 is 14.8 Å². The topological polar surface area (TPSA) is 86.8 Å². The summed E-state index contributed by atoms with van der Waals surface area (Å²) in [5.41, 5.74) is 2.05. The zero-order valence-corrected chi connectivity index (χ0v) is 14.7. The van der Waals surface area contributed by atoms with Crippen molar-refractivity contribution in [2.24, 2.45) is 5.92 Å². The summed E-state index contributed by atoms with van der Waals surface area (Å²) in [6.45, 7) is 1.12. The first-order chi connectivity index (χ1) is 12.7. The lowest BCUT2D eigenvalue weighted by molar-refractivity contribution is -0.119. The fraction of sp³-hybridized carbons (Fsp3) is 0.222. The highest BCUT2D eigenvalue weighted by molar-refractivity contribution is 7.19. The number of thiazole rings is 1. The van der Waals surface area contributed by atoms with E-state index in [0.717, 1.165) is 16.1 Å². The summed E-state index contributed by atoms with van der Waals surface area (Å²) in [6, 6.07) is 8.07. The Morgan fingerprint density at radius 1 is 1.42 bits per heavy atom. The van der Waals surface area contributed by atoms with Crippen LogP contribution in [0.1, 0.15) is 6.42 Å². The van der Waals surface area contributed by atoms with Crippen LogP contribution < -0.4 is 5.32 Å². The van der Waals surface area contributed by atoms with Crippen LogP contribution in [-0.4, -0.2) is 38.4 Å². The van der Waals surface area contributed by atoms with E-state index in [1.165, 1.54) is 11.3 Å². The van der Waals surface area contributed by atoms with Gasteiger partial charge in [-0.1, -0.05) is 23.5 Å². The minimum absolute atomic E-state index is 0.0733. The molecule has 0 bridgehead atoms. The molecule has 1 saturated heterocycles. The molecule has 3 heterocycles. The maximum Gasteiger partial charge on any atom is 0.231 e. The highest BCUT2D eigenvalue weighted by Crippen LogP contribution is 2.30. The smallest absolute Gasteiger partial charge is 0.231 e. The zero-order chi connectivity index (χ0) is 17.9. The Morgan fingerprint density at radius 2 is 2.35 bits per heavy atom. The summed E-state index contributed by atoms with van der Waals surface area (Å²) >= 11 is 1.44. The highest BCUT2D eigenvalue weighted by atomic mass is 32.1. The fourth-order valence-corrected chi connectivity index (χ4v) is 3.79. The number of amides is 1. The van der Waals surface area contributed by atoms with E-state index in [1.54, 1.807) is 23.6 Å². The number of likely N-dealkylation sites (tertiary alicyclic amines) is 1. The molecule has 1 aromatic carbocycles. The number of carbonyl (C=O) groups is 1. The number of nitrogens with zero attached hydrogens (tertiary/aromatic N) is 5.